The van der Waals surface area contributed by atoms with Crippen molar-refractivity contribution in [2.75, 3.05) is 25.9 Å². The predicted molar refractivity (Wildman–Crippen MR) is 71.4 cm³/mol. The van der Waals surface area contributed by atoms with Crippen molar-refractivity contribution in [2.45, 2.75) is 31.7 Å². The van der Waals surface area contributed by atoms with Crippen LogP contribution in [0.15, 0.2) is 0 Å². The molecule has 2 N–H and O–H groups in total. The Kier molecular flexibility index (Phi) is 6.38. The van der Waals surface area contributed by atoms with E-state index < -0.39 is 7.42 Å². The molecule has 0 bridgehead atoms. The van der Waals surface area contributed by atoms with Gasteiger partial charge >= 0.3 is 6.03 Å². The normalized spacial score (nSPS) is 19.7. The standard InChI is InChI=1S/C10H21BrN2O2Si/c1-2-3-9(16(11)8-14)4-6-13-7-5-12-10(13)15/h9,14,16H,2-8H2,1H3,(H,12,15). The molecule has 1 rings (SSSR count). The van der Waals surface area contributed by atoms with Crippen molar-refractivity contribution >= 4 is 28.7 Å². The third-order valence-electron chi connectivity index (χ3n) is 3.06. The Bertz CT molecular complexity index is 231. The van der Waals surface area contributed by atoms with E-state index in [9.17, 15) is 9.90 Å². The summed E-state index contributed by atoms with van der Waals surface area (Å²) in [6.07, 6.45) is 3.62. The zero-order valence-electron chi connectivity index (χ0n) is 9.79. The van der Waals surface area contributed by atoms with Gasteiger partial charge in [0.25, 0.3) is 0 Å². The predicted octanol–water partition coefficient (Wildman–Crippen LogP) is 1.22. The van der Waals surface area contributed by atoms with Gasteiger partial charge in [-0.2, -0.15) is 0 Å². The molecule has 0 spiro atoms. The lowest BCUT2D eigenvalue weighted by atomic mass is 10.2. The van der Waals surface area contributed by atoms with Crippen LogP contribution < -0.4 is 5.32 Å². The number of hydrogen-bond acceptors (Lipinski definition) is 2. The smallest absolute Gasteiger partial charge is 0.317 e. The van der Waals surface area contributed by atoms with Gasteiger partial charge in [-0.1, -0.05) is 19.8 Å². The molecule has 0 aromatic rings. The van der Waals surface area contributed by atoms with E-state index in [4.69, 9.17) is 0 Å². The van der Waals surface area contributed by atoms with E-state index in [2.05, 4.69) is 27.5 Å². The highest BCUT2D eigenvalue weighted by Gasteiger charge is 2.23. The molecule has 6 heteroatoms. The fourth-order valence-electron chi connectivity index (χ4n) is 2.07. The van der Waals surface area contributed by atoms with Crippen LogP contribution >= 0.6 is 15.3 Å². The SMILES string of the molecule is CCCC(CCN1CCNC1=O)[SiH](Br)CO. The average Bonchev–Trinajstić information content (AvgIpc) is 2.69. The lowest BCUT2D eigenvalue weighted by molar-refractivity contribution is 0.216. The van der Waals surface area contributed by atoms with Crippen LogP contribution in [0.1, 0.15) is 26.2 Å². The largest absolute Gasteiger partial charge is 0.399 e. The van der Waals surface area contributed by atoms with Gasteiger partial charge in [0, 0.05) is 25.9 Å². The second-order valence-electron chi connectivity index (χ2n) is 4.25. The van der Waals surface area contributed by atoms with Crippen LogP contribution in [-0.2, 0) is 0 Å². The molecule has 2 amide bonds. The van der Waals surface area contributed by atoms with Gasteiger partial charge in [0.1, 0.15) is 7.42 Å². The van der Waals surface area contributed by atoms with E-state index in [1.54, 1.807) is 0 Å². The quantitative estimate of drug-likeness (QED) is 0.549. The zero-order valence-corrected chi connectivity index (χ0v) is 12.5. The Morgan fingerprint density at radius 2 is 2.38 bits per heavy atom. The van der Waals surface area contributed by atoms with Crippen molar-refractivity contribution in [3.63, 3.8) is 0 Å². The molecular formula is C10H21BrN2O2Si. The number of carbonyl (C=O) groups excluding carboxylic acids is 1. The van der Waals surface area contributed by atoms with Crippen LogP contribution in [0.3, 0.4) is 0 Å². The third-order valence-corrected chi connectivity index (χ3v) is 8.21. The summed E-state index contributed by atoms with van der Waals surface area (Å²) in [6.45, 7) is 4.59. The van der Waals surface area contributed by atoms with Crippen LogP contribution in [0.25, 0.3) is 0 Å². The van der Waals surface area contributed by atoms with Crippen molar-refractivity contribution in [1.29, 1.82) is 0 Å². The fraction of sp³-hybridized carbons (Fsp3) is 0.900. The average molecular weight is 309 g/mol. The summed E-state index contributed by atoms with van der Waals surface area (Å²) in [4.78, 5) is 13.2. The zero-order chi connectivity index (χ0) is 12.0. The minimum absolute atomic E-state index is 0.0621. The Hall–Kier alpha value is -0.0731. The number of urea groups is 1. The number of nitrogens with one attached hydrogen (secondary N) is 1. The number of hydrogen-bond donors (Lipinski definition) is 2. The van der Waals surface area contributed by atoms with Gasteiger partial charge in [-0.3, -0.25) is 0 Å². The molecule has 0 saturated carbocycles. The van der Waals surface area contributed by atoms with Gasteiger partial charge in [-0.15, -0.1) is 15.3 Å². The Morgan fingerprint density at radius 1 is 1.62 bits per heavy atom. The molecule has 1 saturated heterocycles. The first-order valence-electron chi connectivity index (χ1n) is 5.96. The molecule has 94 valence electrons. The highest BCUT2D eigenvalue weighted by atomic mass is 79.9. The maximum absolute atomic E-state index is 11.3. The summed E-state index contributed by atoms with van der Waals surface area (Å²) in [5, 5.41) is 12.0. The summed E-state index contributed by atoms with van der Waals surface area (Å²) in [5.74, 6) is 0. The molecule has 2 unspecified atom stereocenters. The van der Waals surface area contributed by atoms with Crippen molar-refractivity contribution < 1.29 is 9.90 Å². The van der Waals surface area contributed by atoms with E-state index in [-0.39, 0.29) is 6.03 Å². The van der Waals surface area contributed by atoms with E-state index >= 15 is 0 Å². The summed E-state index contributed by atoms with van der Waals surface area (Å²) < 4.78 is 0. The van der Waals surface area contributed by atoms with Crippen LogP contribution in [0.2, 0.25) is 5.54 Å². The lowest BCUT2D eigenvalue weighted by Crippen LogP contribution is -2.31. The first-order valence-corrected chi connectivity index (χ1v) is 10.6. The summed E-state index contributed by atoms with van der Waals surface area (Å²) in [7, 11) is -1.19. The second kappa shape index (κ2) is 7.29. The van der Waals surface area contributed by atoms with E-state index in [0.717, 1.165) is 38.9 Å². The van der Waals surface area contributed by atoms with Gasteiger partial charge in [0.15, 0.2) is 0 Å². The molecule has 1 aliphatic heterocycles. The minimum atomic E-state index is -1.19. The van der Waals surface area contributed by atoms with Crippen molar-refractivity contribution in [1.82, 2.24) is 10.2 Å². The number of aliphatic hydroxyl groups excluding tert-OH is 1. The van der Waals surface area contributed by atoms with Crippen LogP contribution in [0.5, 0.6) is 0 Å². The van der Waals surface area contributed by atoms with E-state index in [1.165, 1.54) is 0 Å². The maximum Gasteiger partial charge on any atom is 0.317 e. The van der Waals surface area contributed by atoms with Gasteiger partial charge < -0.3 is 15.3 Å². The second-order valence-corrected chi connectivity index (χ2v) is 10.1. The van der Waals surface area contributed by atoms with Gasteiger partial charge in [0.05, 0.1) is 0 Å². The van der Waals surface area contributed by atoms with E-state index in [0.29, 0.717) is 11.8 Å². The molecule has 1 fully saturated rings. The lowest BCUT2D eigenvalue weighted by Gasteiger charge is -2.22. The summed E-state index contributed by atoms with van der Waals surface area (Å²) in [5.41, 5.74) is 0.586. The molecule has 0 radical (unpaired) electrons. The van der Waals surface area contributed by atoms with Crippen LogP contribution in [0, 0.1) is 0 Å². The fourth-order valence-corrected chi connectivity index (χ4v) is 5.16. The van der Waals surface area contributed by atoms with Crippen LogP contribution in [0.4, 0.5) is 4.79 Å². The number of rotatable bonds is 7. The highest BCUT2D eigenvalue weighted by Crippen LogP contribution is 2.25. The highest BCUT2D eigenvalue weighted by molar-refractivity contribution is 9.24. The van der Waals surface area contributed by atoms with E-state index in [1.807, 2.05) is 4.90 Å². The maximum atomic E-state index is 11.3. The number of aliphatic hydroxyl groups is 1. The number of carbonyl (C=O) groups is 1. The Labute approximate surface area is 107 Å². The summed E-state index contributed by atoms with van der Waals surface area (Å²) in [6, 6.07) is 0.0621. The van der Waals surface area contributed by atoms with Crippen molar-refractivity contribution in [2.24, 2.45) is 0 Å². The topological polar surface area (TPSA) is 52.6 Å². The molecular weight excluding hydrogens is 288 g/mol. The molecule has 4 nitrogen and oxygen atoms in total. The Balaban J connectivity index is 2.33. The molecule has 1 aliphatic rings. The monoisotopic (exact) mass is 308 g/mol. The molecule has 16 heavy (non-hydrogen) atoms. The first kappa shape index (κ1) is 14.0. The van der Waals surface area contributed by atoms with Crippen molar-refractivity contribution in [3.05, 3.63) is 0 Å². The number of halogens is 1. The first-order chi connectivity index (χ1) is 7.69. The summed E-state index contributed by atoms with van der Waals surface area (Å²) >= 11 is 3.64. The molecule has 0 aromatic carbocycles. The Morgan fingerprint density at radius 3 is 2.88 bits per heavy atom. The van der Waals surface area contributed by atoms with Gasteiger partial charge in [0.2, 0.25) is 0 Å². The molecule has 0 aliphatic carbocycles. The van der Waals surface area contributed by atoms with Gasteiger partial charge in [-0.25, -0.2) is 4.79 Å². The third kappa shape index (κ3) is 4.07. The molecule has 0 aromatic heterocycles. The number of amides is 2. The van der Waals surface area contributed by atoms with Crippen LogP contribution in [-0.4, -0.2) is 49.3 Å². The molecule has 1 heterocycles. The van der Waals surface area contributed by atoms with Gasteiger partial charge in [-0.05, 0) is 12.0 Å². The van der Waals surface area contributed by atoms with Crippen molar-refractivity contribution in [3.8, 4) is 0 Å². The number of nitrogens with zero attached hydrogens (tertiary/aromatic N) is 1. The molecule has 2 atom stereocenters. The minimum Gasteiger partial charge on any atom is -0.399 e.